The summed E-state index contributed by atoms with van der Waals surface area (Å²) in [6.45, 7) is 4.47. The molecule has 0 aliphatic rings. The lowest BCUT2D eigenvalue weighted by molar-refractivity contribution is 0.479. The summed E-state index contributed by atoms with van der Waals surface area (Å²) in [6.07, 6.45) is 1.86. The lowest BCUT2D eigenvalue weighted by Crippen LogP contribution is -2.29. The number of benzene rings is 1. The third kappa shape index (κ3) is 3.60. The van der Waals surface area contributed by atoms with Crippen molar-refractivity contribution in [2.75, 3.05) is 12.3 Å². The van der Waals surface area contributed by atoms with Gasteiger partial charge in [0.2, 0.25) is 10.0 Å². The summed E-state index contributed by atoms with van der Waals surface area (Å²) in [5.41, 5.74) is 5.84. The fraction of sp³-hybridized carbons (Fsp3) is 0.500. The van der Waals surface area contributed by atoms with Gasteiger partial charge in [0.1, 0.15) is 4.90 Å². The normalized spacial score (nSPS) is 12.0. The molecule has 0 aromatic heterocycles. The number of anilines is 1. The van der Waals surface area contributed by atoms with Gasteiger partial charge in [-0.15, -0.1) is 0 Å². The van der Waals surface area contributed by atoms with Crippen LogP contribution in [0.4, 0.5) is 5.69 Å². The van der Waals surface area contributed by atoms with E-state index in [1.807, 2.05) is 13.8 Å². The van der Waals surface area contributed by atoms with Crippen LogP contribution < -0.4 is 10.5 Å². The second-order valence-corrected chi connectivity index (χ2v) is 6.30. The number of hydrogen-bond acceptors (Lipinski definition) is 3. The molecule has 1 aromatic carbocycles. The molecule has 0 saturated heterocycles. The van der Waals surface area contributed by atoms with Crippen molar-refractivity contribution in [1.82, 2.24) is 4.72 Å². The Balaban J connectivity index is 2.94. The number of nitrogens with two attached hydrogens (primary N) is 1. The molecule has 1 aromatic rings. The molecular formula is C12H19ClN2O2S. The Labute approximate surface area is 114 Å². The van der Waals surface area contributed by atoms with E-state index in [0.717, 1.165) is 12.8 Å². The van der Waals surface area contributed by atoms with Crippen molar-refractivity contribution in [3.8, 4) is 0 Å². The molecule has 0 saturated carbocycles. The number of nitrogen functional groups attached to an aromatic ring is 1. The lowest BCUT2D eigenvalue weighted by Gasteiger charge is -2.15. The number of sulfonamides is 1. The summed E-state index contributed by atoms with van der Waals surface area (Å²) < 4.78 is 26.8. The fourth-order valence-electron chi connectivity index (χ4n) is 1.69. The molecule has 18 heavy (non-hydrogen) atoms. The van der Waals surface area contributed by atoms with E-state index in [0.29, 0.717) is 12.5 Å². The highest BCUT2D eigenvalue weighted by atomic mass is 35.5. The molecule has 6 heteroatoms. The minimum Gasteiger partial charge on any atom is -0.398 e. The topological polar surface area (TPSA) is 72.2 Å². The number of hydrogen-bond donors (Lipinski definition) is 2. The van der Waals surface area contributed by atoms with E-state index in [-0.39, 0.29) is 15.6 Å². The monoisotopic (exact) mass is 290 g/mol. The van der Waals surface area contributed by atoms with Gasteiger partial charge in [0.05, 0.1) is 10.7 Å². The van der Waals surface area contributed by atoms with Crippen LogP contribution in [-0.2, 0) is 10.0 Å². The van der Waals surface area contributed by atoms with Crippen LogP contribution in [0.5, 0.6) is 0 Å². The van der Waals surface area contributed by atoms with Gasteiger partial charge in [0.15, 0.2) is 0 Å². The fourth-order valence-corrected chi connectivity index (χ4v) is 3.48. The van der Waals surface area contributed by atoms with Crippen molar-refractivity contribution in [2.24, 2.45) is 5.92 Å². The number of halogens is 1. The highest BCUT2D eigenvalue weighted by molar-refractivity contribution is 7.89. The smallest absolute Gasteiger partial charge is 0.244 e. The largest absolute Gasteiger partial charge is 0.398 e. The second-order valence-electron chi connectivity index (χ2n) is 4.19. The zero-order valence-corrected chi connectivity index (χ0v) is 12.2. The van der Waals surface area contributed by atoms with E-state index in [4.69, 9.17) is 17.3 Å². The van der Waals surface area contributed by atoms with Crippen LogP contribution >= 0.6 is 11.6 Å². The van der Waals surface area contributed by atoms with Crippen LogP contribution in [0, 0.1) is 5.92 Å². The van der Waals surface area contributed by atoms with Gasteiger partial charge in [-0.05, 0) is 18.1 Å². The molecule has 1 rings (SSSR count). The van der Waals surface area contributed by atoms with Crippen LogP contribution in [0.15, 0.2) is 23.1 Å². The standard InChI is InChI=1S/C12H19ClN2O2S/c1-3-9(4-2)8-15-18(16,17)12-10(13)6-5-7-11(12)14/h5-7,9,15H,3-4,8,14H2,1-2H3. The SMILES string of the molecule is CCC(CC)CNS(=O)(=O)c1c(N)cccc1Cl. The first-order valence-electron chi connectivity index (χ1n) is 5.96. The average molecular weight is 291 g/mol. The minimum atomic E-state index is -3.64. The van der Waals surface area contributed by atoms with E-state index in [1.54, 1.807) is 6.07 Å². The van der Waals surface area contributed by atoms with E-state index in [9.17, 15) is 8.42 Å². The summed E-state index contributed by atoms with van der Waals surface area (Å²) in [5.74, 6) is 0.323. The van der Waals surface area contributed by atoms with Crippen molar-refractivity contribution < 1.29 is 8.42 Å². The van der Waals surface area contributed by atoms with E-state index in [2.05, 4.69) is 4.72 Å². The van der Waals surface area contributed by atoms with Crippen molar-refractivity contribution in [1.29, 1.82) is 0 Å². The van der Waals surface area contributed by atoms with Crippen LogP contribution in [0.1, 0.15) is 26.7 Å². The highest BCUT2D eigenvalue weighted by Crippen LogP contribution is 2.26. The molecule has 3 N–H and O–H groups in total. The Kier molecular flexibility index (Phi) is 5.44. The first kappa shape index (κ1) is 15.3. The van der Waals surface area contributed by atoms with Crippen molar-refractivity contribution in [3.05, 3.63) is 23.2 Å². The summed E-state index contributed by atoms with van der Waals surface area (Å²) in [5, 5.41) is 0.145. The zero-order valence-electron chi connectivity index (χ0n) is 10.6. The molecule has 0 radical (unpaired) electrons. The molecule has 0 bridgehead atoms. The van der Waals surface area contributed by atoms with Crippen LogP contribution in [-0.4, -0.2) is 15.0 Å². The van der Waals surface area contributed by atoms with E-state index < -0.39 is 10.0 Å². The Morgan fingerprint density at radius 1 is 1.33 bits per heavy atom. The Bertz CT molecular complexity index is 479. The molecule has 0 aliphatic carbocycles. The molecule has 4 nitrogen and oxygen atoms in total. The first-order chi connectivity index (χ1) is 8.42. The Morgan fingerprint density at radius 3 is 2.44 bits per heavy atom. The maximum absolute atomic E-state index is 12.1. The molecule has 0 aliphatic heterocycles. The predicted molar refractivity (Wildman–Crippen MR) is 75.1 cm³/mol. The molecular weight excluding hydrogens is 272 g/mol. The first-order valence-corrected chi connectivity index (χ1v) is 7.82. The molecule has 0 amide bonds. The summed E-state index contributed by atoms with van der Waals surface area (Å²) in [4.78, 5) is -0.0300. The zero-order chi connectivity index (χ0) is 13.8. The van der Waals surface area contributed by atoms with Crippen molar-refractivity contribution in [2.45, 2.75) is 31.6 Å². The third-order valence-corrected chi connectivity index (χ3v) is 4.95. The van der Waals surface area contributed by atoms with Crippen LogP contribution in [0.3, 0.4) is 0 Å². The van der Waals surface area contributed by atoms with Gasteiger partial charge in [0.25, 0.3) is 0 Å². The van der Waals surface area contributed by atoms with Gasteiger partial charge in [-0.1, -0.05) is 44.4 Å². The average Bonchev–Trinajstić information content (AvgIpc) is 2.29. The van der Waals surface area contributed by atoms with Gasteiger partial charge >= 0.3 is 0 Å². The van der Waals surface area contributed by atoms with Crippen LogP contribution in [0.2, 0.25) is 5.02 Å². The van der Waals surface area contributed by atoms with Gasteiger partial charge in [-0.3, -0.25) is 0 Å². The second kappa shape index (κ2) is 6.41. The molecule has 0 heterocycles. The Hall–Kier alpha value is -0.780. The van der Waals surface area contributed by atoms with Gasteiger partial charge in [0, 0.05) is 6.54 Å². The van der Waals surface area contributed by atoms with Gasteiger partial charge in [-0.25, -0.2) is 13.1 Å². The van der Waals surface area contributed by atoms with E-state index >= 15 is 0 Å². The van der Waals surface area contributed by atoms with Crippen molar-refractivity contribution >= 4 is 27.3 Å². The maximum atomic E-state index is 12.1. The molecule has 102 valence electrons. The number of rotatable bonds is 6. The minimum absolute atomic E-state index is 0.0300. The quantitative estimate of drug-likeness (QED) is 0.791. The summed E-state index contributed by atoms with van der Waals surface area (Å²) >= 11 is 5.90. The molecule has 0 atom stereocenters. The third-order valence-electron chi connectivity index (χ3n) is 2.98. The summed E-state index contributed by atoms with van der Waals surface area (Å²) in [6, 6.07) is 4.67. The number of nitrogens with one attached hydrogen (secondary N) is 1. The summed E-state index contributed by atoms with van der Waals surface area (Å²) in [7, 11) is -3.64. The van der Waals surface area contributed by atoms with Crippen molar-refractivity contribution in [3.63, 3.8) is 0 Å². The maximum Gasteiger partial charge on any atom is 0.244 e. The molecule has 0 unspecified atom stereocenters. The Morgan fingerprint density at radius 2 is 1.94 bits per heavy atom. The van der Waals surface area contributed by atoms with Gasteiger partial charge in [-0.2, -0.15) is 0 Å². The van der Waals surface area contributed by atoms with E-state index in [1.165, 1.54) is 12.1 Å². The lowest BCUT2D eigenvalue weighted by atomic mass is 10.0. The van der Waals surface area contributed by atoms with Gasteiger partial charge < -0.3 is 5.73 Å². The molecule has 0 spiro atoms. The highest BCUT2D eigenvalue weighted by Gasteiger charge is 2.21. The predicted octanol–water partition coefficient (Wildman–Crippen LogP) is 2.64. The van der Waals surface area contributed by atoms with Crippen LogP contribution in [0.25, 0.3) is 0 Å². The molecule has 0 fully saturated rings.